The number of nitrogens with one attached hydrogen (secondary N) is 1. The summed E-state index contributed by atoms with van der Waals surface area (Å²) in [6, 6.07) is 12.1. The molecule has 0 fully saturated rings. The van der Waals surface area contributed by atoms with Gasteiger partial charge in [-0.15, -0.1) is 0 Å². The molecule has 1 amide bonds. The molecule has 0 saturated heterocycles. The molecule has 0 saturated carbocycles. The maximum atomic E-state index is 12.2. The van der Waals surface area contributed by atoms with Crippen LogP contribution in [0.1, 0.15) is 16.1 Å². The number of amides is 1. The summed E-state index contributed by atoms with van der Waals surface area (Å²) in [6.45, 7) is 0.351. The zero-order valence-electron chi connectivity index (χ0n) is 11.9. The van der Waals surface area contributed by atoms with Gasteiger partial charge in [-0.3, -0.25) is 9.78 Å². The van der Waals surface area contributed by atoms with Crippen molar-refractivity contribution in [1.29, 1.82) is 0 Å². The maximum absolute atomic E-state index is 12.2. The van der Waals surface area contributed by atoms with Gasteiger partial charge in [0.25, 0.3) is 5.91 Å². The van der Waals surface area contributed by atoms with Crippen molar-refractivity contribution in [2.75, 3.05) is 5.32 Å². The van der Waals surface area contributed by atoms with Crippen molar-refractivity contribution < 1.29 is 4.79 Å². The van der Waals surface area contributed by atoms with Gasteiger partial charge >= 0.3 is 0 Å². The minimum Gasteiger partial charge on any atom is -0.305 e. The largest absolute Gasteiger partial charge is 0.305 e. The van der Waals surface area contributed by atoms with Crippen LogP contribution in [0.25, 0.3) is 0 Å². The molecule has 0 radical (unpaired) electrons. The number of carbonyl (C=O) groups is 1. The number of anilines is 1. The summed E-state index contributed by atoms with van der Waals surface area (Å²) in [5, 5.41) is 8.09. The predicted molar refractivity (Wildman–Crippen MR) is 90.0 cm³/mol. The van der Waals surface area contributed by atoms with Gasteiger partial charge in [0.1, 0.15) is 11.5 Å². The normalized spacial score (nSPS) is 10.5. The minimum atomic E-state index is -0.308. The van der Waals surface area contributed by atoms with Gasteiger partial charge in [-0.2, -0.15) is 5.10 Å². The fourth-order valence-electron chi connectivity index (χ4n) is 2.08. The topological polar surface area (TPSA) is 59.8 Å². The van der Waals surface area contributed by atoms with E-state index in [1.54, 1.807) is 59.5 Å². The van der Waals surface area contributed by atoms with E-state index < -0.39 is 0 Å². The Labute approximate surface area is 142 Å². The molecule has 116 valence electrons. The Morgan fingerprint density at radius 2 is 1.83 bits per heavy atom. The average Bonchev–Trinajstić information content (AvgIpc) is 2.99. The molecule has 0 aliphatic heterocycles. The molecule has 2 heterocycles. The lowest BCUT2D eigenvalue weighted by atomic mass is 10.2. The fourth-order valence-corrected chi connectivity index (χ4v) is 2.59. The van der Waals surface area contributed by atoms with E-state index in [-0.39, 0.29) is 5.91 Å². The Morgan fingerprint density at radius 3 is 2.52 bits per heavy atom. The Balaban J connectivity index is 1.82. The van der Waals surface area contributed by atoms with Gasteiger partial charge in [-0.05, 0) is 24.3 Å². The number of hydrogen-bond donors (Lipinski definition) is 1. The van der Waals surface area contributed by atoms with Crippen LogP contribution in [0.4, 0.5) is 5.82 Å². The SMILES string of the molecule is O=C(Nc1ccnn1Cc1c(Cl)cccc1Cl)c1ccccn1. The molecular weight excluding hydrogens is 335 g/mol. The van der Waals surface area contributed by atoms with Crippen LogP contribution in [0.5, 0.6) is 0 Å². The summed E-state index contributed by atoms with van der Waals surface area (Å²) in [6.07, 6.45) is 3.16. The number of halogens is 2. The first-order chi connectivity index (χ1) is 11.1. The van der Waals surface area contributed by atoms with Gasteiger partial charge in [-0.25, -0.2) is 4.68 Å². The van der Waals surface area contributed by atoms with Gasteiger partial charge in [0.15, 0.2) is 0 Å². The van der Waals surface area contributed by atoms with Crippen LogP contribution < -0.4 is 5.32 Å². The van der Waals surface area contributed by atoms with E-state index in [9.17, 15) is 4.79 Å². The van der Waals surface area contributed by atoms with E-state index in [1.807, 2.05) is 0 Å². The fraction of sp³-hybridized carbons (Fsp3) is 0.0625. The molecule has 0 atom stereocenters. The van der Waals surface area contributed by atoms with Gasteiger partial charge in [-0.1, -0.05) is 35.3 Å². The van der Waals surface area contributed by atoms with Crippen molar-refractivity contribution >= 4 is 34.9 Å². The smallest absolute Gasteiger partial charge is 0.275 e. The molecule has 0 spiro atoms. The molecule has 1 aromatic carbocycles. The number of aromatic nitrogens is 3. The Morgan fingerprint density at radius 1 is 1.04 bits per heavy atom. The van der Waals surface area contributed by atoms with Crippen molar-refractivity contribution in [3.8, 4) is 0 Å². The molecule has 0 unspecified atom stereocenters. The Bertz CT molecular complexity index is 813. The molecule has 2 aromatic heterocycles. The van der Waals surface area contributed by atoms with Crippen molar-refractivity contribution in [3.05, 3.63) is 76.2 Å². The van der Waals surface area contributed by atoms with E-state index in [4.69, 9.17) is 23.2 Å². The molecule has 3 aromatic rings. The molecule has 0 aliphatic carbocycles. The first-order valence-corrected chi connectivity index (χ1v) is 7.58. The quantitative estimate of drug-likeness (QED) is 0.779. The first kappa shape index (κ1) is 15.5. The van der Waals surface area contributed by atoms with Crippen LogP contribution in [0, 0.1) is 0 Å². The Hall–Kier alpha value is -2.37. The zero-order valence-corrected chi connectivity index (χ0v) is 13.4. The molecule has 0 bridgehead atoms. The van der Waals surface area contributed by atoms with Crippen molar-refractivity contribution in [2.24, 2.45) is 0 Å². The lowest BCUT2D eigenvalue weighted by Gasteiger charge is -2.11. The molecule has 0 aliphatic rings. The van der Waals surface area contributed by atoms with Gasteiger partial charge < -0.3 is 5.32 Å². The second-order valence-electron chi connectivity index (χ2n) is 4.74. The van der Waals surface area contributed by atoms with Crippen LogP contribution in [-0.4, -0.2) is 20.7 Å². The third-order valence-electron chi connectivity index (χ3n) is 3.23. The summed E-state index contributed by atoms with van der Waals surface area (Å²) in [5.41, 5.74) is 1.07. The van der Waals surface area contributed by atoms with Crippen LogP contribution in [0.3, 0.4) is 0 Å². The second-order valence-corrected chi connectivity index (χ2v) is 5.56. The Kier molecular flexibility index (Phi) is 4.60. The van der Waals surface area contributed by atoms with Gasteiger partial charge in [0, 0.05) is 27.9 Å². The highest BCUT2D eigenvalue weighted by atomic mass is 35.5. The second kappa shape index (κ2) is 6.81. The van der Waals surface area contributed by atoms with E-state index in [1.165, 1.54) is 0 Å². The average molecular weight is 347 g/mol. The monoisotopic (exact) mass is 346 g/mol. The number of benzene rings is 1. The van der Waals surface area contributed by atoms with Gasteiger partial charge in [0.2, 0.25) is 0 Å². The van der Waals surface area contributed by atoms with E-state index in [0.29, 0.717) is 28.1 Å². The zero-order chi connectivity index (χ0) is 16.2. The highest BCUT2D eigenvalue weighted by Crippen LogP contribution is 2.26. The van der Waals surface area contributed by atoms with Crippen molar-refractivity contribution in [3.63, 3.8) is 0 Å². The number of hydrogen-bond acceptors (Lipinski definition) is 3. The highest BCUT2D eigenvalue weighted by molar-refractivity contribution is 6.36. The maximum Gasteiger partial charge on any atom is 0.275 e. The molecule has 3 rings (SSSR count). The van der Waals surface area contributed by atoms with Crippen LogP contribution in [0.15, 0.2) is 54.9 Å². The summed E-state index contributed by atoms with van der Waals surface area (Å²) in [4.78, 5) is 16.2. The first-order valence-electron chi connectivity index (χ1n) is 6.82. The van der Waals surface area contributed by atoms with Crippen molar-refractivity contribution in [1.82, 2.24) is 14.8 Å². The number of rotatable bonds is 4. The number of carbonyl (C=O) groups excluding carboxylic acids is 1. The summed E-state index contributed by atoms with van der Waals surface area (Å²) in [5.74, 6) is 0.231. The van der Waals surface area contributed by atoms with Gasteiger partial charge in [0.05, 0.1) is 12.7 Å². The lowest BCUT2D eigenvalue weighted by Crippen LogP contribution is -2.17. The summed E-state index contributed by atoms with van der Waals surface area (Å²) < 4.78 is 1.62. The van der Waals surface area contributed by atoms with E-state index in [2.05, 4.69) is 15.4 Å². The standard InChI is InChI=1S/C16H12Cl2N4O/c17-12-4-3-5-13(18)11(12)10-22-15(7-9-20-22)21-16(23)14-6-1-2-8-19-14/h1-9H,10H2,(H,21,23). The van der Waals surface area contributed by atoms with Crippen LogP contribution in [0.2, 0.25) is 10.0 Å². The van der Waals surface area contributed by atoms with E-state index in [0.717, 1.165) is 5.56 Å². The summed E-state index contributed by atoms with van der Waals surface area (Å²) in [7, 11) is 0. The third kappa shape index (κ3) is 3.52. The van der Waals surface area contributed by atoms with Crippen molar-refractivity contribution in [2.45, 2.75) is 6.54 Å². The summed E-state index contributed by atoms with van der Waals surface area (Å²) >= 11 is 12.4. The molecule has 1 N–H and O–H groups in total. The lowest BCUT2D eigenvalue weighted by molar-refractivity contribution is 0.102. The van der Waals surface area contributed by atoms with Crippen LogP contribution in [-0.2, 0) is 6.54 Å². The third-order valence-corrected chi connectivity index (χ3v) is 3.93. The molecular formula is C16H12Cl2N4O. The highest BCUT2D eigenvalue weighted by Gasteiger charge is 2.13. The molecule has 7 heteroatoms. The van der Waals surface area contributed by atoms with E-state index >= 15 is 0 Å². The predicted octanol–water partition coefficient (Wildman–Crippen LogP) is 3.89. The van der Waals surface area contributed by atoms with Crippen LogP contribution >= 0.6 is 23.2 Å². The number of nitrogens with zero attached hydrogens (tertiary/aromatic N) is 3. The number of pyridine rings is 1. The minimum absolute atomic E-state index is 0.308. The molecule has 5 nitrogen and oxygen atoms in total. The molecule has 23 heavy (non-hydrogen) atoms.